The molecule has 1 aliphatic rings. The lowest BCUT2D eigenvalue weighted by Gasteiger charge is -2.37. The third kappa shape index (κ3) is 3.42. The molecule has 0 radical (unpaired) electrons. The normalized spacial score (nSPS) is 12.7. The molecule has 0 saturated carbocycles. The van der Waals surface area contributed by atoms with Gasteiger partial charge in [0.25, 0.3) is 0 Å². The molecule has 7 aromatic rings. The highest BCUT2D eigenvalue weighted by Gasteiger charge is 2.32. The molecule has 0 amide bonds. The van der Waals surface area contributed by atoms with Gasteiger partial charge >= 0.3 is 0 Å². The molecule has 0 atom stereocenters. The van der Waals surface area contributed by atoms with Gasteiger partial charge in [0.2, 0.25) is 5.95 Å². The summed E-state index contributed by atoms with van der Waals surface area (Å²) in [6, 6.07) is 35.7. The van der Waals surface area contributed by atoms with Crippen molar-refractivity contribution >= 4 is 50.9 Å². The minimum absolute atomic E-state index is 0.811. The fourth-order valence-corrected chi connectivity index (χ4v) is 6.02. The molecule has 4 heterocycles. The van der Waals surface area contributed by atoms with Crippen molar-refractivity contribution in [3.8, 4) is 22.4 Å². The zero-order valence-electron chi connectivity index (χ0n) is 23.0. The Bertz CT molecular complexity index is 2110. The number of aryl methyl sites for hydroxylation is 2. The predicted molar refractivity (Wildman–Crippen MR) is 166 cm³/mol. The Morgan fingerprint density at radius 2 is 1.29 bits per heavy atom. The molecule has 7 nitrogen and oxygen atoms in total. The van der Waals surface area contributed by atoms with E-state index in [4.69, 9.17) is 15.0 Å². The number of hydrogen-bond acceptors (Lipinski definition) is 5. The molecule has 198 valence electrons. The highest BCUT2D eigenvalue weighted by Crippen LogP contribution is 2.50. The molecule has 0 spiro atoms. The summed E-state index contributed by atoms with van der Waals surface area (Å²) in [6.45, 7) is 0. The fraction of sp³-hybridized carbons (Fsp3) is 0.0882. The van der Waals surface area contributed by atoms with Crippen molar-refractivity contribution in [3.05, 3.63) is 109 Å². The summed E-state index contributed by atoms with van der Waals surface area (Å²) in [5.74, 6) is 1.64. The van der Waals surface area contributed by atoms with Crippen molar-refractivity contribution in [2.24, 2.45) is 14.1 Å². The highest BCUT2D eigenvalue weighted by atomic mass is 15.4. The van der Waals surface area contributed by atoms with Crippen LogP contribution in [0.2, 0.25) is 0 Å². The van der Waals surface area contributed by atoms with Crippen LogP contribution in [0.5, 0.6) is 0 Å². The zero-order valence-corrected chi connectivity index (χ0v) is 23.0. The molecule has 4 aromatic carbocycles. The number of para-hydroxylation sites is 4. The van der Waals surface area contributed by atoms with Gasteiger partial charge in [-0.1, -0.05) is 66.7 Å². The maximum Gasteiger partial charge on any atom is 0.216 e. The van der Waals surface area contributed by atoms with E-state index in [-0.39, 0.29) is 0 Å². The molecular weight excluding hydrogens is 506 g/mol. The van der Waals surface area contributed by atoms with Crippen LogP contribution in [-0.4, -0.2) is 31.1 Å². The molecule has 3 aromatic heterocycles. The zero-order chi connectivity index (χ0) is 27.7. The first kappa shape index (κ1) is 23.5. The van der Waals surface area contributed by atoms with Crippen molar-refractivity contribution in [3.63, 3.8) is 0 Å². The van der Waals surface area contributed by atoms with Crippen LogP contribution in [0.1, 0.15) is 0 Å². The average molecular weight is 534 g/mol. The van der Waals surface area contributed by atoms with Gasteiger partial charge in [0, 0.05) is 32.3 Å². The Balaban J connectivity index is 1.38. The van der Waals surface area contributed by atoms with E-state index in [9.17, 15) is 0 Å². The summed E-state index contributed by atoms with van der Waals surface area (Å²) in [6.07, 6.45) is 1.85. The summed E-state index contributed by atoms with van der Waals surface area (Å²) in [5.41, 5.74) is 11.3. The van der Waals surface area contributed by atoms with E-state index >= 15 is 0 Å². The number of pyridine rings is 1. The van der Waals surface area contributed by atoms with Crippen LogP contribution in [0.25, 0.3) is 44.5 Å². The average Bonchev–Trinajstić information content (AvgIpc) is 3.57. The number of benzene rings is 4. The minimum Gasteiger partial charge on any atom is -0.340 e. The molecule has 0 aliphatic carbocycles. The maximum atomic E-state index is 5.32. The van der Waals surface area contributed by atoms with E-state index in [1.54, 1.807) is 0 Å². The SMILES string of the molecule is CN1c2ccccc2N(c2nc3c(-c4ccccc4)cccc3n2C)c2nc(-c3cccc4c3ncn4C)ccc21. The molecule has 7 heteroatoms. The van der Waals surface area contributed by atoms with E-state index < -0.39 is 0 Å². The number of aromatic nitrogens is 5. The monoisotopic (exact) mass is 533 g/mol. The lowest BCUT2D eigenvalue weighted by Crippen LogP contribution is -2.26. The first-order valence-corrected chi connectivity index (χ1v) is 13.7. The van der Waals surface area contributed by atoms with E-state index in [2.05, 4.69) is 126 Å². The van der Waals surface area contributed by atoms with Gasteiger partial charge in [0.1, 0.15) is 0 Å². The number of rotatable bonds is 3. The Morgan fingerprint density at radius 3 is 2.12 bits per heavy atom. The number of imidazole rings is 2. The van der Waals surface area contributed by atoms with Gasteiger partial charge in [-0.3, -0.25) is 4.90 Å². The van der Waals surface area contributed by atoms with Crippen LogP contribution in [-0.2, 0) is 14.1 Å². The van der Waals surface area contributed by atoms with Crippen molar-refractivity contribution in [2.75, 3.05) is 16.8 Å². The predicted octanol–water partition coefficient (Wildman–Crippen LogP) is 7.74. The van der Waals surface area contributed by atoms with Crippen LogP contribution in [0.4, 0.5) is 28.8 Å². The summed E-state index contributed by atoms with van der Waals surface area (Å²) < 4.78 is 4.21. The lowest BCUT2D eigenvalue weighted by molar-refractivity contribution is 0.911. The van der Waals surface area contributed by atoms with Crippen LogP contribution < -0.4 is 9.80 Å². The number of fused-ring (bicyclic) bond motifs is 4. The summed E-state index contributed by atoms with van der Waals surface area (Å²) >= 11 is 0. The van der Waals surface area contributed by atoms with Gasteiger partial charge in [0.05, 0.1) is 51.2 Å². The van der Waals surface area contributed by atoms with Crippen LogP contribution in [0, 0.1) is 0 Å². The number of hydrogen-bond donors (Lipinski definition) is 0. The second-order valence-corrected chi connectivity index (χ2v) is 10.5. The van der Waals surface area contributed by atoms with Gasteiger partial charge < -0.3 is 14.0 Å². The standard InChI is InChI=1S/C34H27N7/c1-38-21-35-31-24(14-10-17-28(31)38)25-19-20-30-33(36-25)41(27-16-8-7-15-26(27)39(30)2)34-37-32-23(22-11-5-4-6-12-22)13-9-18-29(32)40(34)3/h4-21H,1-3H3. The van der Waals surface area contributed by atoms with Crippen LogP contribution in [0.15, 0.2) is 109 Å². The summed E-state index contributed by atoms with van der Waals surface area (Å²) in [4.78, 5) is 19.7. The van der Waals surface area contributed by atoms with E-state index in [1.165, 1.54) is 0 Å². The van der Waals surface area contributed by atoms with Crippen molar-refractivity contribution in [1.29, 1.82) is 0 Å². The largest absolute Gasteiger partial charge is 0.340 e. The second kappa shape index (κ2) is 8.79. The minimum atomic E-state index is 0.811. The van der Waals surface area contributed by atoms with E-state index in [1.807, 2.05) is 24.0 Å². The Kier molecular flexibility index (Phi) is 5.03. The molecule has 8 rings (SSSR count). The number of nitrogens with zero attached hydrogens (tertiary/aromatic N) is 7. The second-order valence-electron chi connectivity index (χ2n) is 10.5. The van der Waals surface area contributed by atoms with Crippen LogP contribution in [0.3, 0.4) is 0 Å². The van der Waals surface area contributed by atoms with Crippen molar-refractivity contribution < 1.29 is 0 Å². The summed E-state index contributed by atoms with van der Waals surface area (Å²) in [7, 11) is 6.19. The maximum absolute atomic E-state index is 5.32. The third-order valence-electron chi connectivity index (χ3n) is 8.12. The topological polar surface area (TPSA) is 55.0 Å². The Morgan fingerprint density at radius 1 is 0.561 bits per heavy atom. The van der Waals surface area contributed by atoms with Gasteiger partial charge in [-0.25, -0.2) is 15.0 Å². The first-order valence-electron chi connectivity index (χ1n) is 13.7. The van der Waals surface area contributed by atoms with Crippen LogP contribution >= 0.6 is 0 Å². The number of anilines is 5. The van der Waals surface area contributed by atoms with Gasteiger partial charge in [-0.15, -0.1) is 0 Å². The smallest absolute Gasteiger partial charge is 0.216 e. The molecule has 0 bridgehead atoms. The van der Waals surface area contributed by atoms with E-state index in [0.29, 0.717) is 0 Å². The van der Waals surface area contributed by atoms with Gasteiger partial charge in [-0.2, -0.15) is 0 Å². The van der Waals surface area contributed by atoms with Crippen molar-refractivity contribution in [2.45, 2.75) is 0 Å². The van der Waals surface area contributed by atoms with Gasteiger partial charge in [0.15, 0.2) is 5.82 Å². The van der Waals surface area contributed by atoms with E-state index in [0.717, 1.165) is 73.3 Å². The lowest BCUT2D eigenvalue weighted by atomic mass is 10.0. The third-order valence-corrected chi connectivity index (χ3v) is 8.12. The first-order chi connectivity index (χ1) is 20.1. The highest BCUT2D eigenvalue weighted by molar-refractivity contribution is 6.00. The summed E-state index contributed by atoms with van der Waals surface area (Å²) in [5, 5.41) is 0. The Labute approximate surface area is 237 Å². The molecular formula is C34H27N7. The molecule has 41 heavy (non-hydrogen) atoms. The van der Waals surface area contributed by atoms with Gasteiger partial charge in [-0.05, 0) is 42.0 Å². The molecule has 0 unspecified atom stereocenters. The molecule has 0 fully saturated rings. The Hall–Kier alpha value is -5.43. The molecule has 0 saturated heterocycles. The molecule has 1 aliphatic heterocycles. The van der Waals surface area contributed by atoms with Crippen molar-refractivity contribution in [1.82, 2.24) is 24.1 Å². The fourth-order valence-electron chi connectivity index (χ4n) is 6.02. The quantitative estimate of drug-likeness (QED) is 0.233. The molecule has 0 N–H and O–H groups in total.